The highest BCUT2D eigenvalue weighted by molar-refractivity contribution is 5.82. The fourth-order valence-corrected chi connectivity index (χ4v) is 2.57. The minimum atomic E-state index is -0.493. The van der Waals surface area contributed by atoms with E-state index in [2.05, 4.69) is 19.3 Å². The summed E-state index contributed by atoms with van der Waals surface area (Å²) in [6, 6.07) is -0.493. The Labute approximate surface area is 154 Å². The van der Waals surface area contributed by atoms with Gasteiger partial charge in [0, 0.05) is 19.5 Å². The quantitative estimate of drug-likeness (QED) is 0.289. The highest BCUT2D eigenvalue weighted by Crippen LogP contribution is 2.15. The fraction of sp³-hybridized carbons (Fsp3) is 0.900. The maximum absolute atomic E-state index is 13.1. The highest BCUT2D eigenvalue weighted by atomic mass is 16.7. The summed E-state index contributed by atoms with van der Waals surface area (Å²) in [6.45, 7) is 13.6. The van der Waals surface area contributed by atoms with E-state index in [0.717, 1.165) is 57.9 Å². The van der Waals surface area contributed by atoms with E-state index in [1.165, 1.54) is 0 Å². The average Bonchev–Trinajstić information content (AvgIpc) is 2.53. The summed E-state index contributed by atoms with van der Waals surface area (Å²) in [5, 5.41) is 0. The zero-order valence-electron chi connectivity index (χ0n) is 17.3. The molecule has 0 aliphatic heterocycles. The van der Waals surface area contributed by atoms with E-state index >= 15 is 0 Å². The molecule has 0 aromatic carbocycles. The van der Waals surface area contributed by atoms with Gasteiger partial charge in [-0.25, -0.2) is 0 Å². The first-order valence-corrected chi connectivity index (χ1v) is 9.92. The molecule has 0 aromatic rings. The molecular formula is C20H40N2O3. The van der Waals surface area contributed by atoms with Crippen molar-refractivity contribution in [1.29, 1.82) is 0 Å². The molecule has 0 aliphatic rings. The molecule has 1 N–H and O–H groups in total. The first-order chi connectivity index (χ1) is 11.8. The number of nitrogens with zero attached hydrogens (tertiary/aromatic N) is 1. The molecule has 0 rings (SSSR count). The SMILES string of the molecule is CCCCCN(CCCCC)C(=O)[C@H](NOC(C)(C)C)C(C)CC=O. The lowest BCUT2D eigenvalue weighted by atomic mass is 9.98. The van der Waals surface area contributed by atoms with E-state index < -0.39 is 11.6 Å². The van der Waals surface area contributed by atoms with Gasteiger partial charge in [0.2, 0.25) is 5.91 Å². The van der Waals surface area contributed by atoms with Crippen LogP contribution in [0.1, 0.15) is 86.5 Å². The maximum Gasteiger partial charge on any atom is 0.242 e. The Kier molecular flexibility index (Phi) is 12.8. The maximum atomic E-state index is 13.1. The van der Waals surface area contributed by atoms with Gasteiger partial charge in [0.15, 0.2) is 0 Å². The van der Waals surface area contributed by atoms with E-state index in [4.69, 9.17) is 4.84 Å². The van der Waals surface area contributed by atoms with E-state index in [1.807, 2.05) is 32.6 Å². The van der Waals surface area contributed by atoms with Gasteiger partial charge in [0.25, 0.3) is 0 Å². The molecule has 0 heterocycles. The normalized spacial score (nSPS) is 14.2. The summed E-state index contributed by atoms with van der Waals surface area (Å²) >= 11 is 0. The lowest BCUT2D eigenvalue weighted by Crippen LogP contribution is -2.52. The highest BCUT2D eigenvalue weighted by Gasteiger charge is 2.30. The monoisotopic (exact) mass is 356 g/mol. The van der Waals surface area contributed by atoms with E-state index in [-0.39, 0.29) is 11.8 Å². The molecule has 148 valence electrons. The van der Waals surface area contributed by atoms with Gasteiger partial charge < -0.3 is 9.69 Å². The molecule has 25 heavy (non-hydrogen) atoms. The van der Waals surface area contributed by atoms with Crippen molar-refractivity contribution < 1.29 is 14.4 Å². The van der Waals surface area contributed by atoms with Crippen LogP contribution in [0.4, 0.5) is 0 Å². The van der Waals surface area contributed by atoms with Crippen molar-refractivity contribution in [2.45, 2.75) is 98.1 Å². The lowest BCUT2D eigenvalue weighted by molar-refractivity contribution is -0.148. The third-order valence-electron chi connectivity index (χ3n) is 4.17. The Bertz CT molecular complexity index is 356. The lowest BCUT2D eigenvalue weighted by Gasteiger charge is -2.32. The van der Waals surface area contributed by atoms with E-state index in [0.29, 0.717) is 6.42 Å². The van der Waals surface area contributed by atoms with E-state index in [1.54, 1.807) is 0 Å². The van der Waals surface area contributed by atoms with Crippen LogP contribution in [-0.4, -0.2) is 41.8 Å². The Morgan fingerprint density at radius 2 is 1.60 bits per heavy atom. The Morgan fingerprint density at radius 3 is 2.00 bits per heavy atom. The standard InChI is InChI=1S/C20H40N2O3/c1-7-9-11-14-22(15-12-10-8-2)19(24)18(17(3)13-16-23)21-25-20(4,5)6/h16-18,21H,7-15H2,1-6H3/t17?,18-/m1/s1. The average molecular weight is 357 g/mol. The first-order valence-electron chi connectivity index (χ1n) is 9.92. The van der Waals surface area contributed by atoms with Crippen LogP contribution >= 0.6 is 0 Å². The predicted octanol–water partition coefficient (Wildman–Crippen LogP) is 4.11. The molecule has 2 atom stereocenters. The topological polar surface area (TPSA) is 58.6 Å². The van der Waals surface area contributed by atoms with Crippen molar-refractivity contribution in [3.8, 4) is 0 Å². The molecule has 0 bridgehead atoms. The second-order valence-electron chi connectivity index (χ2n) is 7.93. The summed E-state index contributed by atoms with van der Waals surface area (Å²) in [5.74, 6) is -0.0574. The number of unbranched alkanes of at least 4 members (excludes halogenated alkanes) is 4. The minimum absolute atomic E-state index is 0.0470. The molecule has 1 amide bonds. The number of carbonyl (C=O) groups excluding carboxylic acids is 2. The van der Waals surface area contributed by atoms with Crippen LogP contribution in [0.15, 0.2) is 0 Å². The fourth-order valence-electron chi connectivity index (χ4n) is 2.57. The Morgan fingerprint density at radius 1 is 1.08 bits per heavy atom. The smallest absolute Gasteiger partial charge is 0.242 e. The number of hydrogen-bond donors (Lipinski definition) is 1. The summed E-state index contributed by atoms with van der Waals surface area (Å²) < 4.78 is 0. The van der Waals surface area contributed by atoms with Gasteiger partial charge in [-0.05, 0) is 39.5 Å². The van der Waals surface area contributed by atoms with Crippen LogP contribution in [0.25, 0.3) is 0 Å². The van der Waals surface area contributed by atoms with Gasteiger partial charge in [0.05, 0.1) is 5.60 Å². The van der Waals surface area contributed by atoms with Gasteiger partial charge in [0.1, 0.15) is 12.3 Å². The number of aldehydes is 1. The molecule has 0 saturated carbocycles. The molecule has 1 unspecified atom stereocenters. The first kappa shape index (κ1) is 24.1. The summed E-state index contributed by atoms with van der Waals surface area (Å²) in [6.07, 6.45) is 7.76. The number of carbonyl (C=O) groups is 2. The number of nitrogens with one attached hydrogen (secondary N) is 1. The third-order valence-corrected chi connectivity index (χ3v) is 4.17. The Balaban J connectivity index is 5.05. The molecule has 0 aliphatic carbocycles. The molecule has 0 aromatic heterocycles. The molecule has 0 saturated heterocycles. The third kappa shape index (κ3) is 11.3. The van der Waals surface area contributed by atoms with Gasteiger partial charge in [-0.3, -0.25) is 9.63 Å². The molecule has 0 fully saturated rings. The Hall–Kier alpha value is -0.940. The minimum Gasteiger partial charge on any atom is -0.341 e. The van der Waals surface area contributed by atoms with Crippen LogP contribution in [0.2, 0.25) is 0 Å². The van der Waals surface area contributed by atoms with Gasteiger partial charge in [-0.1, -0.05) is 46.5 Å². The second-order valence-corrected chi connectivity index (χ2v) is 7.93. The van der Waals surface area contributed by atoms with Gasteiger partial charge >= 0.3 is 0 Å². The molecule has 0 radical (unpaired) electrons. The zero-order chi connectivity index (χ0) is 19.3. The van der Waals surface area contributed by atoms with Crippen molar-refractivity contribution in [2.75, 3.05) is 13.1 Å². The number of rotatable bonds is 14. The number of hydrogen-bond acceptors (Lipinski definition) is 4. The van der Waals surface area contributed by atoms with Gasteiger partial charge in [-0.15, -0.1) is 0 Å². The van der Waals surface area contributed by atoms with Crippen LogP contribution in [-0.2, 0) is 14.4 Å². The van der Waals surface area contributed by atoms with Crippen LogP contribution in [0.5, 0.6) is 0 Å². The van der Waals surface area contributed by atoms with Crippen molar-refractivity contribution in [1.82, 2.24) is 10.4 Å². The molecule has 0 spiro atoms. The largest absolute Gasteiger partial charge is 0.341 e. The summed E-state index contributed by atoms with van der Waals surface area (Å²) in [7, 11) is 0. The summed E-state index contributed by atoms with van der Waals surface area (Å²) in [5.41, 5.74) is 2.56. The van der Waals surface area contributed by atoms with Crippen LogP contribution in [0.3, 0.4) is 0 Å². The van der Waals surface area contributed by atoms with Crippen molar-refractivity contribution in [3.63, 3.8) is 0 Å². The zero-order valence-corrected chi connectivity index (χ0v) is 17.3. The molecular weight excluding hydrogens is 316 g/mol. The number of amides is 1. The van der Waals surface area contributed by atoms with Crippen molar-refractivity contribution >= 4 is 12.2 Å². The van der Waals surface area contributed by atoms with Crippen LogP contribution < -0.4 is 5.48 Å². The molecule has 5 heteroatoms. The van der Waals surface area contributed by atoms with Crippen molar-refractivity contribution in [2.24, 2.45) is 5.92 Å². The van der Waals surface area contributed by atoms with Crippen LogP contribution in [0, 0.1) is 5.92 Å². The molecule has 5 nitrogen and oxygen atoms in total. The van der Waals surface area contributed by atoms with Gasteiger partial charge in [-0.2, -0.15) is 5.48 Å². The predicted molar refractivity (Wildman–Crippen MR) is 103 cm³/mol. The second kappa shape index (κ2) is 13.3. The number of hydroxylamine groups is 1. The summed E-state index contributed by atoms with van der Waals surface area (Å²) in [4.78, 5) is 31.7. The van der Waals surface area contributed by atoms with E-state index in [9.17, 15) is 9.59 Å². The van der Waals surface area contributed by atoms with Crippen molar-refractivity contribution in [3.05, 3.63) is 0 Å².